The van der Waals surface area contributed by atoms with Crippen LogP contribution in [0.4, 0.5) is 0 Å². The maximum Gasteiger partial charge on any atom is 0.293 e. The van der Waals surface area contributed by atoms with Gasteiger partial charge in [0.05, 0.1) is 21.7 Å². The van der Waals surface area contributed by atoms with E-state index in [2.05, 4.69) is 4.98 Å². The minimum atomic E-state index is -3.70. The van der Waals surface area contributed by atoms with Crippen LogP contribution in [0.15, 0.2) is 64.5 Å². The summed E-state index contributed by atoms with van der Waals surface area (Å²) in [5.41, 5.74) is 0.625. The number of aromatic nitrogens is 1. The molecule has 0 aliphatic heterocycles. The first-order valence-corrected chi connectivity index (χ1v) is 9.95. The fourth-order valence-corrected chi connectivity index (χ4v) is 4.22. The van der Waals surface area contributed by atoms with E-state index in [1.165, 1.54) is 30.5 Å². The molecule has 1 atom stereocenters. The summed E-state index contributed by atoms with van der Waals surface area (Å²) >= 11 is 0. The van der Waals surface area contributed by atoms with Crippen LogP contribution in [-0.2, 0) is 25.8 Å². The number of benzene rings is 2. The molecule has 140 valence electrons. The van der Waals surface area contributed by atoms with E-state index < -0.39 is 9.84 Å². The van der Waals surface area contributed by atoms with Gasteiger partial charge < -0.3 is 9.84 Å². The number of hydrogen-bond acceptors (Lipinski definition) is 6. The van der Waals surface area contributed by atoms with Crippen molar-refractivity contribution in [3.63, 3.8) is 0 Å². The number of carbonyl (C=O) groups is 1. The van der Waals surface area contributed by atoms with Crippen LogP contribution in [0.2, 0.25) is 0 Å². The summed E-state index contributed by atoms with van der Waals surface area (Å²) in [6, 6.07) is 12.7. The molecule has 27 heavy (non-hydrogen) atoms. The number of aromatic hydroxyl groups is 1. The molecule has 0 aliphatic rings. The number of carbonyl (C=O) groups excluding carboxylic acids is 1. The zero-order valence-electron chi connectivity index (χ0n) is 14.7. The maximum absolute atomic E-state index is 12.8. The van der Waals surface area contributed by atoms with Crippen LogP contribution >= 0.6 is 0 Å². The first kappa shape index (κ1) is 18.8. The van der Waals surface area contributed by atoms with Crippen molar-refractivity contribution in [2.24, 2.45) is 0 Å². The van der Waals surface area contributed by atoms with E-state index in [0.29, 0.717) is 35.8 Å². The van der Waals surface area contributed by atoms with Crippen molar-refractivity contribution in [3.05, 3.63) is 60.4 Å². The molecule has 0 fully saturated rings. The second-order valence-electron chi connectivity index (χ2n) is 6.08. The minimum Gasteiger partial charge on any atom is -0.506 e. The standard InChI is InChI=1S/C20H19NO5S/c1-2-14(26-13-22)10-19-17-9-8-16(11-18(17)20(23)12-21-19)27(24,25)15-6-4-3-5-7-15/h3-9,11-14,23H,2,10H2,1H3. The molecular weight excluding hydrogens is 366 g/mol. The number of sulfone groups is 1. The van der Waals surface area contributed by atoms with Gasteiger partial charge >= 0.3 is 0 Å². The maximum atomic E-state index is 12.8. The Morgan fingerprint density at radius 3 is 2.52 bits per heavy atom. The Labute approximate surface area is 157 Å². The van der Waals surface area contributed by atoms with E-state index in [4.69, 9.17) is 4.74 Å². The molecule has 0 amide bonds. The summed E-state index contributed by atoms with van der Waals surface area (Å²) in [5.74, 6) is -0.108. The topological polar surface area (TPSA) is 93.6 Å². The van der Waals surface area contributed by atoms with Crippen LogP contribution in [0, 0.1) is 0 Å². The molecule has 1 N–H and O–H groups in total. The normalized spacial score (nSPS) is 12.6. The van der Waals surface area contributed by atoms with Crippen molar-refractivity contribution in [3.8, 4) is 5.75 Å². The molecule has 0 bridgehead atoms. The van der Waals surface area contributed by atoms with E-state index in [1.807, 2.05) is 6.92 Å². The van der Waals surface area contributed by atoms with Gasteiger partial charge in [-0.3, -0.25) is 9.78 Å². The third kappa shape index (κ3) is 3.78. The first-order valence-electron chi connectivity index (χ1n) is 8.47. The third-order valence-corrected chi connectivity index (χ3v) is 6.18. The summed E-state index contributed by atoms with van der Waals surface area (Å²) in [7, 11) is -3.70. The molecule has 1 heterocycles. The Balaban J connectivity index is 2.08. The van der Waals surface area contributed by atoms with Crippen LogP contribution in [0.25, 0.3) is 10.8 Å². The molecule has 0 saturated carbocycles. The van der Waals surface area contributed by atoms with Crippen molar-refractivity contribution < 1.29 is 23.1 Å². The number of ether oxygens (including phenoxy) is 1. The number of hydrogen-bond donors (Lipinski definition) is 1. The summed E-state index contributed by atoms with van der Waals surface area (Å²) < 4.78 is 30.7. The lowest BCUT2D eigenvalue weighted by Gasteiger charge is -2.15. The largest absolute Gasteiger partial charge is 0.506 e. The monoisotopic (exact) mass is 385 g/mol. The lowest BCUT2D eigenvalue weighted by atomic mass is 10.0. The van der Waals surface area contributed by atoms with Gasteiger partial charge in [-0.15, -0.1) is 0 Å². The van der Waals surface area contributed by atoms with Gasteiger partial charge in [0.2, 0.25) is 9.84 Å². The Bertz CT molecular complexity index is 1060. The summed E-state index contributed by atoms with van der Waals surface area (Å²) in [6.45, 7) is 2.29. The van der Waals surface area contributed by atoms with E-state index >= 15 is 0 Å². The van der Waals surface area contributed by atoms with E-state index in [1.54, 1.807) is 24.3 Å². The lowest BCUT2D eigenvalue weighted by molar-refractivity contribution is -0.133. The Kier molecular flexibility index (Phi) is 5.41. The average Bonchev–Trinajstić information content (AvgIpc) is 2.70. The molecule has 7 heteroatoms. The highest BCUT2D eigenvalue weighted by molar-refractivity contribution is 7.91. The third-order valence-electron chi connectivity index (χ3n) is 4.41. The van der Waals surface area contributed by atoms with Gasteiger partial charge in [0.15, 0.2) is 0 Å². The van der Waals surface area contributed by atoms with Crippen LogP contribution in [0.5, 0.6) is 5.75 Å². The molecule has 0 spiro atoms. The number of pyridine rings is 1. The van der Waals surface area contributed by atoms with Gasteiger partial charge in [0.1, 0.15) is 11.9 Å². The molecule has 3 rings (SSSR count). The van der Waals surface area contributed by atoms with Crippen molar-refractivity contribution in [1.82, 2.24) is 4.98 Å². The fraction of sp³-hybridized carbons (Fsp3) is 0.200. The Hall–Kier alpha value is -2.93. The zero-order valence-corrected chi connectivity index (χ0v) is 15.5. The summed E-state index contributed by atoms with van der Waals surface area (Å²) in [5, 5.41) is 11.2. The minimum absolute atomic E-state index is 0.0878. The smallest absolute Gasteiger partial charge is 0.293 e. The van der Waals surface area contributed by atoms with Gasteiger partial charge in [0.25, 0.3) is 6.47 Å². The number of rotatable bonds is 7. The van der Waals surface area contributed by atoms with Crippen LogP contribution in [0.1, 0.15) is 19.0 Å². The van der Waals surface area contributed by atoms with E-state index in [0.717, 1.165) is 0 Å². The first-order chi connectivity index (χ1) is 13.0. The second kappa shape index (κ2) is 7.75. The predicted octanol–water partition coefficient (Wildman–Crippen LogP) is 3.27. The molecular formula is C20H19NO5S. The molecule has 0 saturated heterocycles. The number of nitrogens with zero attached hydrogens (tertiary/aromatic N) is 1. The van der Waals surface area contributed by atoms with Gasteiger partial charge in [0, 0.05) is 17.2 Å². The number of fused-ring (bicyclic) bond motifs is 1. The van der Waals surface area contributed by atoms with Gasteiger partial charge in [-0.1, -0.05) is 31.2 Å². The van der Waals surface area contributed by atoms with Gasteiger partial charge in [-0.25, -0.2) is 8.42 Å². The van der Waals surface area contributed by atoms with Crippen molar-refractivity contribution in [2.45, 2.75) is 35.7 Å². The second-order valence-corrected chi connectivity index (χ2v) is 8.03. The van der Waals surface area contributed by atoms with E-state index in [-0.39, 0.29) is 21.6 Å². The van der Waals surface area contributed by atoms with Crippen LogP contribution < -0.4 is 0 Å². The predicted molar refractivity (Wildman–Crippen MR) is 100 cm³/mol. The highest BCUT2D eigenvalue weighted by Gasteiger charge is 2.20. The molecule has 2 aromatic carbocycles. The lowest BCUT2D eigenvalue weighted by Crippen LogP contribution is -2.15. The van der Waals surface area contributed by atoms with Crippen molar-refractivity contribution in [1.29, 1.82) is 0 Å². The molecule has 1 aromatic heterocycles. The van der Waals surface area contributed by atoms with Gasteiger partial charge in [-0.05, 0) is 30.7 Å². The van der Waals surface area contributed by atoms with Crippen molar-refractivity contribution in [2.75, 3.05) is 0 Å². The van der Waals surface area contributed by atoms with Crippen LogP contribution in [0.3, 0.4) is 0 Å². The van der Waals surface area contributed by atoms with Crippen molar-refractivity contribution >= 4 is 27.1 Å². The SMILES string of the molecule is CCC(Cc1ncc(O)c2cc(S(=O)(=O)c3ccccc3)ccc12)OC=O. The Morgan fingerprint density at radius 1 is 1.11 bits per heavy atom. The van der Waals surface area contributed by atoms with Gasteiger partial charge in [-0.2, -0.15) is 0 Å². The molecule has 0 radical (unpaired) electrons. The average molecular weight is 385 g/mol. The van der Waals surface area contributed by atoms with Crippen LogP contribution in [-0.4, -0.2) is 31.1 Å². The Morgan fingerprint density at radius 2 is 1.85 bits per heavy atom. The quantitative estimate of drug-likeness (QED) is 0.628. The molecule has 3 aromatic rings. The highest BCUT2D eigenvalue weighted by Crippen LogP contribution is 2.31. The summed E-state index contributed by atoms with van der Waals surface area (Å²) in [4.78, 5) is 15.1. The molecule has 0 aliphatic carbocycles. The fourth-order valence-electron chi connectivity index (χ4n) is 2.91. The highest BCUT2D eigenvalue weighted by atomic mass is 32.2. The van der Waals surface area contributed by atoms with E-state index in [9.17, 15) is 18.3 Å². The molecule has 6 nitrogen and oxygen atoms in total. The summed E-state index contributed by atoms with van der Waals surface area (Å²) in [6.07, 6.45) is 1.93. The molecule has 1 unspecified atom stereocenters. The zero-order chi connectivity index (χ0) is 19.4.